The van der Waals surface area contributed by atoms with Crippen molar-refractivity contribution in [2.24, 2.45) is 5.73 Å². The van der Waals surface area contributed by atoms with Gasteiger partial charge in [0.15, 0.2) is 0 Å². The van der Waals surface area contributed by atoms with Crippen LogP contribution in [-0.2, 0) is 6.42 Å². The molecule has 1 atom stereocenters. The number of aryl methyl sites for hydroxylation is 2. The maximum absolute atomic E-state index is 5.86. The Labute approximate surface area is 108 Å². The molecule has 0 spiro atoms. The van der Waals surface area contributed by atoms with E-state index in [1.165, 1.54) is 11.1 Å². The highest BCUT2D eigenvalue weighted by atomic mass is 14.9. The number of rotatable bonds is 3. The van der Waals surface area contributed by atoms with Gasteiger partial charge in [-0.05, 0) is 31.9 Å². The second-order valence-electron chi connectivity index (χ2n) is 4.72. The minimum atomic E-state index is -0.0162. The number of hydrogen-bond donors (Lipinski definition) is 1. The molecule has 1 aromatic heterocycles. The van der Waals surface area contributed by atoms with E-state index < -0.39 is 0 Å². The highest BCUT2D eigenvalue weighted by molar-refractivity contribution is 5.29. The average Bonchev–Trinajstić information content (AvgIpc) is 2.32. The molecule has 0 radical (unpaired) electrons. The predicted octanol–water partition coefficient (Wildman–Crippen LogP) is 2.70. The van der Waals surface area contributed by atoms with Crippen LogP contribution >= 0.6 is 0 Å². The van der Waals surface area contributed by atoms with Crippen LogP contribution in [0.1, 0.15) is 41.2 Å². The summed E-state index contributed by atoms with van der Waals surface area (Å²) in [6, 6.07) is 8.30. The van der Waals surface area contributed by atoms with E-state index in [4.69, 9.17) is 5.73 Å². The Morgan fingerprint density at radius 3 is 2.56 bits per heavy atom. The normalized spacial score (nSPS) is 12.4. The molecule has 18 heavy (non-hydrogen) atoms. The van der Waals surface area contributed by atoms with Crippen molar-refractivity contribution in [2.45, 2.75) is 33.2 Å². The van der Waals surface area contributed by atoms with Gasteiger partial charge in [-0.25, -0.2) is 9.97 Å². The van der Waals surface area contributed by atoms with Crippen molar-refractivity contribution in [3.63, 3.8) is 0 Å². The third-order valence-electron chi connectivity index (χ3n) is 3.17. The van der Waals surface area contributed by atoms with E-state index in [1.807, 2.05) is 32.2 Å². The highest BCUT2D eigenvalue weighted by Crippen LogP contribution is 2.15. The van der Waals surface area contributed by atoms with Crippen molar-refractivity contribution in [2.75, 3.05) is 0 Å². The first-order valence-corrected chi connectivity index (χ1v) is 6.20. The van der Waals surface area contributed by atoms with E-state index >= 15 is 0 Å². The zero-order valence-corrected chi connectivity index (χ0v) is 11.1. The standard InChI is InChI=1S/C15H19N3/c1-10-6-4-5-7-13(10)8-15-17-9-14(11(2)16)12(3)18-15/h4-7,9,11H,8,16H2,1-3H3/t11-/m1/s1. The van der Waals surface area contributed by atoms with Crippen LogP contribution < -0.4 is 5.73 Å². The van der Waals surface area contributed by atoms with Crippen molar-refractivity contribution < 1.29 is 0 Å². The fourth-order valence-electron chi connectivity index (χ4n) is 2.04. The van der Waals surface area contributed by atoms with E-state index in [0.29, 0.717) is 0 Å². The number of aromatic nitrogens is 2. The van der Waals surface area contributed by atoms with Gasteiger partial charge in [0, 0.05) is 29.9 Å². The molecule has 2 N–H and O–H groups in total. The molecular formula is C15H19N3. The van der Waals surface area contributed by atoms with Gasteiger partial charge in [-0.3, -0.25) is 0 Å². The summed E-state index contributed by atoms with van der Waals surface area (Å²) in [5.74, 6) is 0.853. The summed E-state index contributed by atoms with van der Waals surface area (Å²) in [5, 5.41) is 0. The molecule has 1 aromatic carbocycles. The van der Waals surface area contributed by atoms with E-state index in [1.54, 1.807) is 0 Å². The van der Waals surface area contributed by atoms with Gasteiger partial charge in [-0.1, -0.05) is 24.3 Å². The van der Waals surface area contributed by atoms with Crippen LogP contribution in [0.15, 0.2) is 30.5 Å². The average molecular weight is 241 g/mol. The number of nitrogens with zero attached hydrogens (tertiary/aromatic N) is 2. The lowest BCUT2D eigenvalue weighted by molar-refractivity contribution is 0.776. The molecule has 3 nitrogen and oxygen atoms in total. The summed E-state index contributed by atoms with van der Waals surface area (Å²) in [6.45, 7) is 6.05. The van der Waals surface area contributed by atoms with Crippen LogP contribution in [0.2, 0.25) is 0 Å². The van der Waals surface area contributed by atoms with Crippen molar-refractivity contribution in [3.05, 3.63) is 58.7 Å². The van der Waals surface area contributed by atoms with E-state index in [0.717, 1.165) is 23.5 Å². The lowest BCUT2D eigenvalue weighted by atomic mass is 10.1. The molecule has 0 aliphatic heterocycles. The lowest BCUT2D eigenvalue weighted by Gasteiger charge is -2.10. The van der Waals surface area contributed by atoms with Gasteiger partial charge in [0.2, 0.25) is 0 Å². The molecule has 0 aliphatic carbocycles. The number of hydrogen-bond acceptors (Lipinski definition) is 3. The maximum Gasteiger partial charge on any atom is 0.132 e. The smallest absolute Gasteiger partial charge is 0.132 e. The first kappa shape index (κ1) is 12.7. The number of nitrogens with two attached hydrogens (primary N) is 1. The summed E-state index contributed by atoms with van der Waals surface area (Å²) in [5.41, 5.74) is 10.4. The maximum atomic E-state index is 5.86. The van der Waals surface area contributed by atoms with Gasteiger partial charge in [0.25, 0.3) is 0 Å². The zero-order chi connectivity index (χ0) is 13.1. The van der Waals surface area contributed by atoms with Gasteiger partial charge in [-0.2, -0.15) is 0 Å². The molecule has 0 unspecified atom stereocenters. The monoisotopic (exact) mass is 241 g/mol. The fourth-order valence-corrected chi connectivity index (χ4v) is 2.04. The van der Waals surface area contributed by atoms with Crippen molar-refractivity contribution in [1.29, 1.82) is 0 Å². The first-order valence-electron chi connectivity index (χ1n) is 6.20. The third kappa shape index (κ3) is 2.74. The molecule has 0 saturated heterocycles. The molecule has 94 valence electrons. The predicted molar refractivity (Wildman–Crippen MR) is 73.4 cm³/mol. The van der Waals surface area contributed by atoms with Crippen molar-refractivity contribution in [3.8, 4) is 0 Å². The second-order valence-corrected chi connectivity index (χ2v) is 4.72. The Morgan fingerprint density at radius 2 is 1.94 bits per heavy atom. The Balaban J connectivity index is 2.26. The SMILES string of the molecule is Cc1ccccc1Cc1ncc([C@@H](C)N)c(C)n1. The summed E-state index contributed by atoms with van der Waals surface area (Å²) < 4.78 is 0. The zero-order valence-electron chi connectivity index (χ0n) is 11.1. The summed E-state index contributed by atoms with van der Waals surface area (Å²) in [4.78, 5) is 8.95. The molecule has 0 aliphatic rings. The minimum Gasteiger partial charge on any atom is -0.324 e. The fraction of sp³-hybridized carbons (Fsp3) is 0.333. The first-order chi connectivity index (χ1) is 8.58. The summed E-state index contributed by atoms with van der Waals surface area (Å²) in [7, 11) is 0. The van der Waals surface area contributed by atoms with Crippen LogP contribution in [0.5, 0.6) is 0 Å². The molecule has 3 heteroatoms. The molecular weight excluding hydrogens is 222 g/mol. The molecule has 0 saturated carbocycles. The largest absolute Gasteiger partial charge is 0.324 e. The number of benzene rings is 1. The highest BCUT2D eigenvalue weighted by Gasteiger charge is 2.08. The molecule has 0 fully saturated rings. The Kier molecular flexibility index (Phi) is 3.72. The van der Waals surface area contributed by atoms with Gasteiger partial charge >= 0.3 is 0 Å². The van der Waals surface area contributed by atoms with E-state index in [2.05, 4.69) is 29.0 Å². The van der Waals surface area contributed by atoms with Gasteiger partial charge in [0.05, 0.1) is 0 Å². The van der Waals surface area contributed by atoms with Gasteiger partial charge in [0.1, 0.15) is 5.82 Å². The molecule has 0 bridgehead atoms. The van der Waals surface area contributed by atoms with Crippen LogP contribution in [0.4, 0.5) is 0 Å². The lowest BCUT2D eigenvalue weighted by Crippen LogP contribution is -2.10. The van der Waals surface area contributed by atoms with Crippen LogP contribution in [0.25, 0.3) is 0 Å². The third-order valence-corrected chi connectivity index (χ3v) is 3.17. The topological polar surface area (TPSA) is 51.8 Å². The summed E-state index contributed by atoms with van der Waals surface area (Å²) in [6.07, 6.45) is 2.62. The summed E-state index contributed by atoms with van der Waals surface area (Å²) >= 11 is 0. The van der Waals surface area contributed by atoms with Crippen molar-refractivity contribution >= 4 is 0 Å². The van der Waals surface area contributed by atoms with Crippen LogP contribution in [0.3, 0.4) is 0 Å². The van der Waals surface area contributed by atoms with Gasteiger partial charge in [-0.15, -0.1) is 0 Å². The molecule has 2 aromatic rings. The minimum absolute atomic E-state index is 0.0162. The Hall–Kier alpha value is -1.74. The van der Waals surface area contributed by atoms with Crippen LogP contribution in [-0.4, -0.2) is 9.97 Å². The second kappa shape index (κ2) is 5.27. The quantitative estimate of drug-likeness (QED) is 0.899. The van der Waals surface area contributed by atoms with Gasteiger partial charge < -0.3 is 5.73 Å². The van der Waals surface area contributed by atoms with Crippen molar-refractivity contribution in [1.82, 2.24) is 9.97 Å². The molecule has 1 heterocycles. The molecule has 2 rings (SSSR count). The molecule has 0 amide bonds. The Bertz CT molecular complexity index is 547. The van der Waals surface area contributed by atoms with Crippen LogP contribution in [0, 0.1) is 13.8 Å². The van der Waals surface area contributed by atoms with E-state index in [9.17, 15) is 0 Å². The Morgan fingerprint density at radius 1 is 1.22 bits per heavy atom. The van der Waals surface area contributed by atoms with E-state index in [-0.39, 0.29) is 6.04 Å².